The molecule has 2 aliphatic rings. The highest BCUT2D eigenvalue weighted by Crippen LogP contribution is 2.42. The Morgan fingerprint density at radius 2 is 1.79 bits per heavy atom. The lowest BCUT2D eigenvalue weighted by Crippen LogP contribution is -2.51. The fourth-order valence-electron chi connectivity index (χ4n) is 6.57. The summed E-state index contributed by atoms with van der Waals surface area (Å²) in [7, 11) is 2.11. The van der Waals surface area contributed by atoms with Crippen LogP contribution in [0.2, 0.25) is 5.02 Å². The highest BCUT2D eigenvalue weighted by atomic mass is 35.5. The number of benzene rings is 2. The fraction of sp³-hybridized carbons (Fsp3) is 0.447. The molecular formula is C38H45ClN4O4S. The van der Waals surface area contributed by atoms with Crippen molar-refractivity contribution in [3.8, 4) is 21.8 Å². The number of esters is 1. The molecule has 48 heavy (non-hydrogen) atoms. The van der Waals surface area contributed by atoms with Gasteiger partial charge in [0.25, 0.3) is 0 Å². The van der Waals surface area contributed by atoms with E-state index in [1.807, 2.05) is 38.1 Å². The van der Waals surface area contributed by atoms with Gasteiger partial charge in [-0.1, -0.05) is 23.7 Å². The van der Waals surface area contributed by atoms with Crippen molar-refractivity contribution in [3.05, 3.63) is 70.4 Å². The van der Waals surface area contributed by atoms with Crippen molar-refractivity contribution in [1.29, 1.82) is 0 Å². The number of hydrogen-bond donors (Lipinski definition) is 1. The van der Waals surface area contributed by atoms with Crippen LogP contribution in [0.3, 0.4) is 0 Å². The van der Waals surface area contributed by atoms with Gasteiger partial charge in [-0.05, 0) is 119 Å². The number of piperidine rings is 1. The number of hydrogen-bond acceptors (Lipinski definition) is 8. The number of carbonyl (C=O) groups excluding carboxylic acids is 1. The molecule has 0 aliphatic carbocycles. The Morgan fingerprint density at radius 3 is 2.42 bits per heavy atom. The van der Waals surface area contributed by atoms with Gasteiger partial charge in [-0.3, -0.25) is 9.69 Å². The molecule has 0 atom stereocenters. The first kappa shape index (κ1) is 34.5. The molecule has 0 saturated carbocycles. The first-order chi connectivity index (χ1) is 22.9. The summed E-state index contributed by atoms with van der Waals surface area (Å²) in [4.78, 5) is 25.6. The number of ether oxygens (including phenoxy) is 2. The van der Waals surface area contributed by atoms with E-state index in [-0.39, 0.29) is 12.4 Å². The van der Waals surface area contributed by atoms with E-state index in [1.165, 1.54) is 5.56 Å². The molecule has 2 aromatic carbocycles. The monoisotopic (exact) mass is 688 g/mol. The van der Waals surface area contributed by atoms with Crippen LogP contribution in [0, 0.1) is 6.92 Å². The summed E-state index contributed by atoms with van der Waals surface area (Å²) in [5.41, 5.74) is 8.79. The predicted molar refractivity (Wildman–Crippen MR) is 195 cm³/mol. The molecule has 2 fully saturated rings. The Balaban J connectivity index is 0.000000749. The quantitative estimate of drug-likeness (QED) is 0.174. The molecule has 5 aromatic rings. The largest absolute Gasteiger partial charge is 0.466 e. The third-order valence-electron chi connectivity index (χ3n) is 8.96. The molecule has 7 rings (SSSR count). The summed E-state index contributed by atoms with van der Waals surface area (Å²) in [6.07, 6.45) is 4.74. The highest BCUT2D eigenvalue weighted by Gasteiger charge is 2.31. The van der Waals surface area contributed by atoms with Crippen molar-refractivity contribution < 1.29 is 19.4 Å². The van der Waals surface area contributed by atoms with E-state index in [9.17, 15) is 4.79 Å². The summed E-state index contributed by atoms with van der Waals surface area (Å²) in [5, 5.41) is 10.1. The number of aromatic nitrogens is 3. The predicted octanol–water partition coefficient (Wildman–Crippen LogP) is 7.94. The maximum atomic E-state index is 12.6. The number of likely N-dealkylation sites (tertiary alicyclic amines) is 1. The normalized spacial score (nSPS) is 16.2. The molecule has 0 bridgehead atoms. The third-order valence-corrected chi connectivity index (χ3v) is 10.3. The molecule has 10 heteroatoms. The maximum absolute atomic E-state index is 12.6. The summed E-state index contributed by atoms with van der Waals surface area (Å²) < 4.78 is 14.0. The molecule has 0 amide bonds. The van der Waals surface area contributed by atoms with Crippen LogP contribution in [0.1, 0.15) is 63.1 Å². The average Bonchev–Trinajstić information content (AvgIpc) is 3.57. The topological polar surface area (TPSA) is 89.7 Å². The Hall–Kier alpha value is -3.34. The molecular weight excluding hydrogens is 644 g/mol. The molecule has 0 spiro atoms. The van der Waals surface area contributed by atoms with Crippen LogP contribution in [0.25, 0.3) is 43.1 Å². The van der Waals surface area contributed by atoms with Crippen LogP contribution in [-0.2, 0) is 27.7 Å². The number of rotatable bonds is 7. The summed E-state index contributed by atoms with van der Waals surface area (Å²) >= 11 is 7.87. The molecule has 0 radical (unpaired) electrons. The Morgan fingerprint density at radius 1 is 1.10 bits per heavy atom. The van der Waals surface area contributed by atoms with Gasteiger partial charge in [0.1, 0.15) is 5.01 Å². The number of carbonyl (C=O) groups is 1. The zero-order valence-electron chi connectivity index (χ0n) is 28.7. The van der Waals surface area contributed by atoms with Gasteiger partial charge in [-0.25, -0.2) is 9.97 Å². The SMILES string of the molecule is CC(C)(C)O.CCOC(=O)Cc1c(C)cc2nc(-c3ccc4c(n3)c(C3CCN(C5COC5)CC3)cn4C)sc2c1-c1ccc(Cl)cc1. The van der Waals surface area contributed by atoms with Crippen molar-refractivity contribution in [3.63, 3.8) is 0 Å². The van der Waals surface area contributed by atoms with E-state index in [4.69, 9.17) is 36.1 Å². The van der Waals surface area contributed by atoms with Crippen molar-refractivity contribution >= 4 is 50.2 Å². The van der Waals surface area contributed by atoms with E-state index in [0.29, 0.717) is 23.6 Å². The highest BCUT2D eigenvalue weighted by molar-refractivity contribution is 7.22. The average molecular weight is 689 g/mol. The van der Waals surface area contributed by atoms with E-state index in [1.54, 1.807) is 32.1 Å². The minimum absolute atomic E-state index is 0.199. The van der Waals surface area contributed by atoms with Crippen molar-refractivity contribution in [2.45, 2.75) is 71.4 Å². The van der Waals surface area contributed by atoms with Crippen LogP contribution >= 0.6 is 22.9 Å². The van der Waals surface area contributed by atoms with Crippen LogP contribution in [0.4, 0.5) is 0 Å². The maximum Gasteiger partial charge on any atom is 0.310 e. The van der Waals surface area contributed by atoms with Gasteiger partial charge in [0.05, 0.1) is 64.8 Å². The second-order valence-electron chi connectivity index (χ2n) is 13.8. The van der Waals surface area contributed by atoms with E-state index in [0.717, 1.165) is 93.4 Å². The number of thiazole rings is 1. The van der Waals surface area contributed by atoms with Crippen LogP contribution in [0.5, 0.6) is 0 Å². The number of fused-ring (bicyclic) bond motifs is 2. The number of aliphatic hydroxyl groups is 1. The van der Waals surface area contributed by atoms with Crippen LogP contribution in [-0.4, -0.2) is 75.1 Å². The van der Waals surface area contributed by atoms with Crippen LogP contribution < -0.4 is 0 Å². The smallest absolute Gasteiger partial charge is 0.310 e. The standard InChI is InChI=1S/C34H35ClN4O3S.C4H10O/c1-4-42-30(40)16-25-20(2)15-28-33(31(25)22-5-7-23(35)8-6-22)43-34(37-28)27-9-10-29-32(36-27)26(17-38(29)3)21-11-13-39(14-12-21)24-18-41-19-24;1-4(2,3)5/h5-10,15,17,21,24H,4,11-14,16,18-19H2,1-3H3;5H,1-3H3. The Bertz CT molecular complexity index is 1910. The number of nitrogens with zero attached hydrogens (tertiary/aromatic N) is 4. The van der Waals surface area contributed by atoms with Gasteiger partial charge in [0.15, 0.2) is 0 Å². The van der Waals surface area contributed by atoms with Gasteiger partial charge in [-0.15, -0.1) is 11.3 Å². The van der Waals surface area contributed by atoms with E-state index >= 15 is 0 Å². The zero-order valence-corrected chi connectivity index (χ0v) is 30.2. The van der Waals surface area contributed by atoms with Crippen molar-refractivity contribution in [1.82, 2.24) is 19.4 Å². The Kier molecular flexibility index (Phi) is 10.3. The first-order valence-electron chi connectivity index (χ1n) is 16.7. The minimum atomic E-state index is -0.500. The van der Waals surface area contributed by atoms with Crippen molar-refractivity contribution in [2.24, 2.45) is 7.05 Å². The van der Waals surface area contributed by atoms with E-state index in [2.05, 4.69) is 40.9 Å². The lowest BCUT2D eigenvalue weighted by Gasteiger charge is -2.41. The molecule has 2 saturated heterocycles. The van der Waals surface area contributed by atoms with Crippen LogP contribution in [0.15, 0.2) is 48.7 Å². The minimum Gasteiger partial charge on any atom is -0.466 e. The second-order valence-corrected chi connectivity index (χ2v) is 15.3. The third kappa shape index (κ3) is 7.61. The molecule has 2 aliphatic heterocycles. The lowest BCUT2D eigenvalue weighted by atomic mass is 9.89. The lowest BCUT2D eigenvalue weighted by molar-refractivity contribution is -0.142. The van der Waals surface area contributed by atoms with E-state index < -0.39 is 5.60 Å². The zero-order chi connectivity index (χ0) is 34.2. The Labute approximate surface area is 291 Å². The first-order valence-corrected chi connectivity index (χ1v) is 17.9. The van der Waals surface area contributed by atoms with Gasteiger partial charge >= 0.3 is 5.97 Å². The number of pyridine rings is 1. The van der Waals surface area contributed by atoms with Gasteiger partial charge < -0.3 is 19.1 Å². The molecule has 3 aromatic heterocycles. The number of aryl methyl sites for hydroxylation is 2. The molecule has 8 nitrogen and oxygen atoms in total. The van der Waals surface area contributed by atoms with Crippen molar-refractivity contribution in [2.75, 3.05) is 32.9 Å². The number of halogens is 1. The summed E-state index contributed by atoms with van der Waals surface area (Å²) in [6, 6.07) is 14.7. The fourth-order valence-corrected chi connectivity index (χ4v) is 7.80. The molecule has 0 unspecified atom stereocenters. The van der Waals surface area contributed by atoms with Gasteiger partial charge in [0.2, 0.25) is 0 Å². The summed E-state index contributed by atoms with van der Waals surface area (Å²) in [6.45, 7) is 13.4. The molecule has 254 valence electrons. The van der Waals surface area contributed by atoms with Gasteiger partial charge in [0, 0.05) is 23.8 Å². The molecule has 5 heterocycles. The molecule has 1 N–H and O–H groups in total. The van der Waals surface area contributed by atoms with Gasteiger partial charge in [-0.2, -0.15) is 0 Å². The second kappa shape index (κ2) is 14.3. The summed E-state index contributed by atoms with van der Waals surface area (Å²) in [5.74, 6) is 0.254.